The Balaban J connectivity index is 2.44. The van der Waals surface area contributed by atoms with Crippen LogP contribution in [0.5, 0.6) is 0 Å². The highest BCUT2D eigenvalue weighted by Gasteiger charge is 2.12. The molecule has 0 heterocycles. The molecule has 0 aliphatic heterocycles. The van der Waals surface area contributed by atoms with Crippen molar-refractivity contribution >= 4 is 15.9 Å². The molecule has 1 aromatic rings. The average molecular weight is 300 g/mol. The van der Waals surface area contributed by atoms with Crippen molar-refractivity contribution in [3.05, 3.63) is 46.7 Å². The van der Waals surface area contributed by atoms with Crippen molar-refractivity contribution < 1.29 is 4.39 Å². The van der Waals surface area contributed by atoms with Crippen LogP contribution in [0.1, 0.15) is 43.7 Å². The third kappa shape index (κ3) is 4.60. The van der Waals surface area contributed by atoms with E-state index in [1.165, 1.54) is 0 Å². The SMILES string of the molecule is C=CCCCCCC(N)c1cccc(Br)c1F. The number of nitrogens with two attached hydrogens (primary N) is 1. The van der Waals surface area contributed by atoms with E-state index in [-0.39, 0.29) is 11.9 Å². The van der Waals surface area contributed by atoms with Gasteiger partial charge in [-0.05, 0) is 41.3 Å². The summed E-state index contributed by atoms with van der Waals surface area (Å²) in [7, 11) is 0. The fourth-order valence-electron chi connectivity index (χ4n) is 1.79. The van der Waals surface area contributed by atoms with Crippen LogP contribution in [0.2, 0.25) is 0 Å². The van der Waals surface area contributed by atoms with Crippen LogP contribution >= 0.6 is 15.9 Å². The lowest BCUT2D eigenvalue weighted by molar-refractivity contribution is 0.532. The van der Waals surface area contributed by atoms with Crippen LogP contribution in [0, 0.1) is 5.82 Å². The molecule has 1 nitrogen and oxygen atoms in total. The molecule has 0 amide bonds. The van der Waals surface area contributed by atoms with Crippen LogP contribution in [-0.4, -0.2) is 0 Å². The Bertz CT molecular complexity index is 365. The predicted molar refractivity (Wildman–Crippen MR) is 74.3 cm³/mol. The average Bonchev–Trinajstić information content (AvgIpc) is 2.32. The van der Waals surface area contributed by atoms with E-state index in [2.05, 4.69) is 22.5 Å². The first kappa shape index (κ1) is 14.4. The standard InChI is InChI=1S/C14H19BrFN/c1-2-3-4-5-6-10-13(17)11-8-7-9-12(15)14(11)16/h2,7-9,13H,1,3-6,10,17H2. The molecule has 0 fully saturated rings. The van der Waals surface area contributed by atoms with Gasteiger partial charge in [0.1, 0.15) is 5.82 Å². The smallest absolute Gasteiger partial charge is 0.142 e. The quantitative estimate of drug-likeness (QED) is 0.572. The first-order chi connectivity index (χ1) is 8.16. The molecule has 0 saturated heterocycles. The Labute approximate surface area is 111 Å². The van der Waals surface area contributed by atoms with E-state index < -0.39 is 0 Å². The molecule has 0 radical (unpaired) electrons. The molecule has 2 N–H and O–H groups in total. The van der Waals surface area contributed by atoms with Gasteiger partial charge in [0.2, 0.25) is 0 Å². The molecule has 0 saturated carbocycles. The van der Waals surface area contributed by atoms with Crippen LogP contribution in [0.3, 0.4) is 0 Å². The van der Waals surface area contributed by atoms with Gasteiger partial charge >= 0.3 is 0 Å². The van der Waals surface area contributed by atoms with E-state index in [1.54, 1.807) is 12.1 Å². The van der Waals surface area contributed by atoms with Crippen LogP contribution < -0.4 is 5.73 Å². The van der Waals surface area contributed by atoms with Crippen molar-refractivity contribution in [2.75, 3.05) is 0 Å². The second-order valence-corrected chi connectivity index (χ2v) is 5.03. The molecule has 0 aromatic heterocycles. The van der Waals surface area contributed by atoms with Crippen molar-refractivity contribution in [1.82, 2.24) is 0 Å². The molecule has 1 rings (SSSR count). The maximum absolute atomic E-state index is 13.7. The number of benzene rings is 1. The lowest BCUT2D eigenvalue weighted by atomic mass is 10.0. The molecule has 0 spiro atoms. The number of rotatable bonds is 7. The fourth-order valence-corrected chi connectivity index (χ4v) is 2.17. The van der Waals surface area contributed by atoms with Crippen molar-refractivity contribution in [1.29, 1.82) is 0 Å². The second kappa shape index (κ2) is 7.62. The van der Waals surface area contributed by atoms with E-state index in [1.807, 2.05) is 12.1 Å². The maximum atomic E-state index is 13.7. The van der Waals surface area contributed by atoms with Gasteiger partial charge in [-0.25, -0.2) is 4.39 Å². The molecule has 1 unspecified atom stereocenters. The summed E-state index contributed by atoms with van der Waals surface area (Å²) in [5, 5.41) is 0. The molecule has 3 heteroatoms. The van der Waals surface area contributed by atoms with Gasteiger partial charge in [0, 0.05) is 11.6 Å². The summed E-state index contributed by atoms with van der Waals surface area (Å²) < 4.78 is 14.2. The Morgan fingerprint density at radius 1 is 1.35 bits per heavy atom. The molecule has 0 bridgehead atoms. The Kier molecular flexibility index (Phi) is 6.45. The highest BCUT2D eigenvalue weighted by Crippen LogP contribution is 2.25. The minimum atomic E-state index is -0.230. The maximum Gasteiger partial charge on any atom is 0.142 e. The molecule has 94 valence electrons. The van der Waals surface area contributed by atoms with E-state index in [9.17, 15) is 4.39 Å². The van der Waals surface area contributed by atoms with Crippen molar-refractivity contribution in [3.8, 4) is 0 Å². The van der Waals surface area contributed by atoms with Gasteiger partial charge in [0.15, 0.2) is 0 Å². The molecular formula is C14H19BrFN. The van der Waals surface area contributed by atoms with Gasteiger partial charge in [-0.2, -0.15) is 0 Å². The van der Waals surface area contributed by atoms with Crippen molar-refractivity contribution in [2.45, 2.75) is 38.1 Å². The number of hydrogen-bond donors (Lipinski definition) is 1. The van der Waals surface area contributed by atoms with E-state index >= 15 is 0 Å². The van der Waals surface area contributed by atoms with Crippen molar-refractivity contribution in [2.24, 2.45) is 5.73 Å². The fraction of sp³-hybridized carbons (Fsp3) is 0.429. The van der Waals surface area contributed by atoms with Gasteiger partial charge in [-0.1, -0.05) is 31.1 Å². The number of unbranched alkanes of at least 4 members (excludes halogenated alkanes) is 3. The van der Waals surface area contributed by atoms with Crippen LogP contribution in [0.4, 0.5) is 4.39 Å². The van der Waals surface area contributed by atoms with E-state index in [0.29, 0.717) is 10.0 Å². The van der Waals surface area contributed by atoms with Gasteiger partial charge in [-0.3, -0.25) is 0 Å². The van der Waals surface area contributed by atoms with Crippen LogP contribution in [0.15, 0.2) is 35.3 Å². The summed E-state index contributed by atoms with van der Waals surface area (Å²) in [5.74, 6) is -0.230. The van der Waals surface area contributed by atoms with E-state index in [4.69, 9.17) is 5.73 Å². The zero-order valence-electron chi connectivity index (χ0n) is 9.96. The highest BCUT2D eigenvalue weighted by molar-refractivity contribution is 9.10. The number of hydrogen-bond acceptors (Lipinski definition) is 1. The normalized spacial score (nSPS) is 12.4. The molecule has 1 aromatic carbocycles. The van der Waals surface area contributed by atoms with Gasteiger partial charge in [0.05, 0.1) is 4.47 Å². The lowest BCUT2D eigenvalue weighted by Gasteiger charge is -2.13. The molecule has 0 aliphatic rings. The Morgan fingerprint density at radius 3 is 2.82 bits per heavy atom. The monoisotopic (exact) mass is 299 g/mol. The summed E-state index contributed by atoms with van der Waals surface area (Å²) in [6.07, 6.45) is 7.08. The summed E-state index contributed by atoms with van der Waals surface area (Å²) in [6.45, 7) is 3.68. The number of halogens is 2. The molecule has 1 atom stereocenters. The Hall–Kier alpha value is -0.670. The second-order valence-electron chi connectivity index (χ2n) is 4.18. The molecule has 0 aliphatic carbocycles. The first-order valence-electron chi connectivity index (χ1n) is 5.97. The summed E-state index contributed by atoms with van der Waals surface area (Å²) >= 11 is 3.18. The van der Waals surface area contributed by atoms with E-state index in [0.717, 1.165) is 32.1 Å². The predicted octanol–water partition coefficient (Wildman–Crippen LogP) is 4.72. The Morgan fingerprint density at radius 2 is 2.12 bits per heavy atom. The molecular weight excluding hydrogens is 281 g/mol. The van der Waals surface area contributed by atoms with Gasteiger partial charge < -0.3 is 5.73 Å². The summed E-state index contributed by atoms with van der Waals surface area (Å²) in [4.78, 5) is 0. The van der Waals surface area contributed by atoms with Crippen molar-refractivity contribution in [3.63, 3.8) is 0 Å². The van der Waals surface area contributed by atoms with Crippen LogP contribution in [0.25, 0.3) is 0 Å². The highest BCUT2D eigenvalue weighted by atomic mass is 79.9. The largest absolute Gasteiger partial charge is 0.324 e. The zero-order chi connectivity index (χ0) is 12.7. The summed E-state index contributed by atoms with van der Waals surface area (Å²) in [5.41, 5.74) is 6.60. The van der Waals surface area contributed by atoms with Gasteiger partial charge in [0.25, 0.3) is 0 Å². The minimum absolute atomic E-state index is 0.212. The minimum Gasteiger partial charge on any atom is -0.324 e. The third-order valence-corrected chi connectivity index (χ3v) is 3.42. The molecule has 17 heavy (non-hydrogen) atoms. The first-order valence-corrected chi connectivity index (χ1v) is 6.76. The van der Waals surface area contributed by atoms with Gasteiger partial charge in [-0.15, -0.1) is 6.58 Å². The topological polar surface area (TPSA) is 26.0 Å². The number of allylic oxidation sites excluding steroid dienone is 1. The third-order valence-electron chi connectivity index (χ3n) is 2.80. The lowest BCUT2D eigenvalue weighted by Crippen LogP contribution is -2.12. The summed E-state index contributed by atoms with van der Waals surface area (Å²) in [6, 6.07) is 5.06. The zero-order valence-corrected chi connectivity index (χ0v) is 11.5. The van der Waals surface area contributed by atoms with Crippen LogP contribution in [-0.2, 0) is 0 Å².